The number of anilines is 1. The molecule has 9 heteroatoms. The predicted octanol–water partition coefficient (Wildman–Crippen LogP) is 1.84. The number of hydrogen-bond donors (Lipinski definition) is 1. The van der Waals surface area contributed by atoms with Crippen molar-refractivity contribution in [3.8, 4) is 11.3 Å². The van der Waals surface area contributed by atoms with Crippen LogP contribution in [-0.2, 0) is 18.4 Å². The highest BCUT2D eigenvalue weighted by Gasteiger charge is 2.26. The van der Waals surface area contributed by atoms with Crippen molar-refractivity contribution in [1.29, 1.82) is 0 Å². The summed E-state index contributed by atoms with van der Waals surface area (Å²) >= 11 is 0. The second-order valence-electron chi connectivity index (χ2n) is 7.94. The Morgan fingerprint density at radius 2 is 2.10 bits per heavy atom. The lowest BCUT2D eigenvalue weighted by molar-refractivity contribution is -0.122. The Morgan fingerprint density at radius 1 is 1.29 bits per heavy atom. The number of halogens is 1. The molecule has 1 fully saturated rings. The molecule has 0 saturated carbocycles. The van der Waals surface area contributed by atoms with Gasteiger partial charge in [-0.1, -0.05) is 12.1 Å². The average molecular weight is 423 g/mol. The normalized spacial score (nSPS) is 16.1. The van der Waals surface area contributed by atoms with Crippen LogP contribution in [0.3, 0.4) is 0 Å². The first kappa shape index (κ1) is 20.9. The summed E-state index contributed by atoms with van der Waals surface area (Å²) in [6.45, 7) is 2.32. The molecule has 0 bridgehead atoms. The Kier molecular flexibility index (Phi) is 6.22. The zero-order valence-electron chi connectivity index (χ0n) is 17.7. The number of amides is 1. The summed E-state index contributed by atoms with van der Waals surface area (Å²) in [5, 5.41) is 7.30. The number of carbonyl (C=O) groups excluding carboxylic acids is 1. The highest BCUT2D eigenvalue weighted by molar-refractivity contribution is 5.78. The fourth-order valence-corrected chi connectivity index (χ4v) is 3.75. The van der Waals surface area contributed by atoms with Crippen molar-refractivity contribution in [2.45, 2.75) is 19.0 Å². The van der Waals surface area contributed by atoms with Gasteiger partial charge in [-0.3, -0.25) is 14.4 Å². The molecule has 3 aromatic rings. The molecule has 4 rings (SSSR count). The Morgan fingerprint density at radius 3 is 2.84 bits per heavy atom. The summed E-state index contributed by atoms with van der Waals surface area (Å²) in [6.07, 6.45) is 6.29. The predicted molar refractivity (Wildman–Crippen MR) is 116 cm³/mol. The highest BCUT2D eigenvalue weighted by atomic mass is 19.1. The van der Waals surface area contributed by atoms with E-state index in [2.05, 4.69) is 25.3 Å². The maximum Gasteiger partial charge on any atom is 0.234 e. The smallest absolute Gasteiger partial charge is 0.234 e. The second-order valence-corrected chi connectivity index (χ2v) is 7.94. The Hall–Kier alpha value is -3.33. The van der Waals surface area contributed by atoms with Gasteiger partial charge < -0.3 is 10.2 Å². The maximum absolute atomic E-state index is 13.0. The summed E-state index contributed by atoms with van der Waals surface area (Å²) < 4.78 is 14.8. The van der Waals surface area contributed by atoms with Crippen molar-refractivity contribution in [3.63, 3.8) is 0 Å². The molecule has 3 heterocycles. The molecule has 1 aliphatic heterocycles. The van der Waals surface area contributed by atoms with E-state index < -0.39 is 0 Å². The minimum Gasteiger partial charge on any atom is -0.350 e. The number of carbonyl (C=O) groups is 1. The van der Waals surface area contributed by atoms with Crippen LogP contribution in [0.25, 0.3) is 11.3 Å². The number of aromatic nitrogens is 4. The van der Waals surface area contributed by atoms with Crippen LogP contribution in [0.2, 0.25) is 0 Å². The van der Waals surface area contributed by atoms with Gasteiger partial charge in [-0.15, -0.1) is 0 Å². The minimum atomic E-state index is -0.259. The van der Waals surface area contributed by atoms with Crippen LogP contribution in [0.1, 0.15) is 12.0 Å². The van der Waals surface area contributed by atoms with E-state index in [-0.39, 0.29) is 24.3 Å². The lowest BCUT2D eigenvalue weighted by atomic mass is 10.2. The van der Waals surface area contributed by atoms with E-state index in [0.29, 0.717) is 19.0 Å². The molecule has 1 aromatic carbocycles. The molecule has 1 aliphatic rings. The second kappa shape index (κ2) is 9.22. The molecule has 31 heavy (non-hydrogen) atoms. The van der Waals surface area contributed by atoms with Crippen LogP contribution in [0.5, 0.6) is 0 Å². The standard InChI is InChI=1S/C22H26FN7O/c1-28(12-16-3-5-18(23)6-4-16)15-21(31)26-19-8-10-30(14-19)22-24-9-7-20(27-22)17-11-25-29(2)13-17/h3-7,9,11,13,19H,8,10,12,14-15H2,1-2H3,(H,26,31). The van der Waals surface area contributed by atoms with Crippen LogP contribution < -0.4 is 10.2 Å². The van der Waals surface area contributed by atoms with Gasteiger partial charge in [0.05, 0.1) is 18.4 Å². The Labute approximate surface area is 180 Å². The fraction of sp³-hybridized carbons (Fsp3) is 0.364. The number of hydrogen-bond acceptors (Lipinski definition) is 6. The topological polar surface area (TPSA) is 79.2 Å². The molecule has 0 spiro atoms. The van der Waals surface area contributed by atoms with E-state index >= 15 is 0 Å². The summed E-state index contributed by atoms with van der Waals surface area (Å²) in [7, 11) is 3.75. The number of likely N-dealkylation sites (N-methyl/N-ethyl adjacent to an activating group) is 1. The number of rotatable bonds is 7. The molecule has 2 aromatic heterocycles. The third-order valence-electron chi connectivity index (χ3n) is 5.26. The molecule has 0 radical (unpaired) electrons. The van der Waals surface area contributed by atoms with E-state index in [0.717, 1.165) is 29.8 Å². The number of nitrogens with one attached hydrogen (secondary N) is 1. The highest BCUT2D eigenvalue weighted by Crippen LogP contribution is 2.21. The van der Waals surface area contributed by atoms with Gasteiger partial charge in [0.2, 0.25) is 11.9 Å². The molecule has 1 unspecified atom stereocenters. The number of benzene rings is 1. The van der Waals surface area contributed by atoms with Crippen molar-refractivity contribution in [3.05, 3.63) is 60.3 Å². The molecule has 162 valence electrons. The quantitative estimate of drug-likeness (QED) is 0.625. The summed E-state index contributed by atoms with van der Waals surface area (Å²) in [6, 6.07) is 8.25. The molecule has 1 N–H and O–H groups in total. The molecule has 1 saturated heterocycles. The summed E-state index contributed by atoms with van der Waals surface area (Å²) in [5.41, 5.74) is 2.74. The van der Waals surface area contributed by atoms with Crippen LogP contribution in [0.15, 0.2) is 48.9 Å². The van der Waals surface area contributed by atoms with Crippen molar-refractivity contribution in [2.24, 2.45) is 7.05 Å². The summed E-state index contributed by atoms with van der Waals surface area (Å²) in [5.74, 6) is 0.373. The zero-order valence-corrected chi connectivity index (χ0v) is 17.7. The average Bonchev–Trinajstić information content (AvgIpc) is 3.39. The van der Waals surface area contributed by atoms with Gasteiger partial charge in [0.25, 0.3) is 0 Å². The van der Waals surface area contributed by atoms with Gasteiger partial charge in [0.15, 0.2) is 0 Å². The van der Waals surface area contributed by atoms with Crippen LogP contribution >= 0.6 is 0 Å². The van der Waals surface area contributed by atoms with Crippen molar-refractivity contribution in [2.75, 3.05) is 31.6 Å². The Balaban J connectivity index is 1.29. The van der Waals surface area contributed by atoms with E-state index in [9.17, 15) is 9.18 Å². The van der Waals surface area contributed by atoms with Crippen LogP contribution in [-0.4, -0.2) is 63.3 Å². The van der Waals surface area contributed by atoms with Crippen molar-refractivity contribution < 1.29 is 9.18 Å². The molecule has 0 aliphatic carbocycles. The van der Waals surface area contributed by atoms with Gasteiger partial charge in [-0.2, -0.15) is 5.10 Å². The third-order valence-corrected chi connectivity index (χ3v) is 5.26. The van der Waals surface area contributed by atoms with E-state index in [1.165, 1.54) is 12.1 Å². The van der Waals surface area contributed by atoms with Crippen LogP contribution in [0, 0.1) is 5.82 Å². The van der Waals surface area contributed by atoms with Crippen LogP contribution in [0.4, 0.5) is 10.3 Å². The van der Waals surface area contributed by atoms with Gasteiger partial charge in [0.1, 0.15) is 5.82 Å². The third kappa shape index (κ3) is 5.43. The molecule has 1 atom stereocenters. The fourth-order valence-electron chi connectivity index (χ4n) is 3.75. The largest absolute Gasteiger partial charge is 0.350 e. The van der Waals surface area contributed by atoms with Gasteiger partial charge in [-0.05, 0) is 37.2 Å². The monoisotopic (exact) mass is 423 g/mol. The van der Waals surface area contributed by atoms with E-state index in [1.54, 1.807) is 29.2 Å². The van der Waals surface area contributed by atoms with E-state index in [4.69, 9.17) is 0 Å². The number of nitrogens with zero attached hydrogens (tertiary/aromatic N) is 6. The summed E-state index contributed by atoms with van der Waals surface area (Å²) in [4.78, 5) is 25.5. The molecular formula is C22H26FN7O. The van der Waals surface area contributed by atoms with Crippen molar-refractivity contribution in [1.82, 2.24) is 30.0 Å². The molecule has 1 amide bonds. The lowest BCUT2D eigenvalue weighted by Crippen LogP contribution is -2.42. The zero-order chi connectivity index (χ0) is 21.8. The lowest BCUT2D eigenvalue weighted by Gasteiger charge is -2.20. The van der Waals surface area contributed by atoms with Gasteiger partial charge >= 0.3 is 0 Å². The first-order chi connectivity index (χ1) is 15.0. The van der Waals surface area contributed by atoms with E-state index in [1.807, 2.05) is 31.3 Å². The maximum atomic E-state index is 13.0. The van der Waals surface area contributed by atoms with Crippen molar-refractivity contribution >= 4 is 11.9 Å². The minimum absolute atomic E-state index is 0.0264. The first-order valence-corrected chi connectivity index (χ1v) is 10.3. The number of aryl methyl sites for hydroxylation is 1. The molecule has 8 nitrogen and oxygen atoms in total. The first-order valence-electron chi connectivity index (χ1n) is 10.3. The van der Waals surface area contributed by atoms with Gasteiger partial charge in [0, 0.05) is 50.7 Å². The Bertz CT molecular complexity index is 1040. The van der Waals surface area contributed by atoms with Gasteiger partial charge in [-0.25, -0.2) is 14.4 Å². The SMILES string of the molecule is CN(CC(=O)NC1CCN(c2nccc(-c3cnn(C)c3)n2)C1)Cc1ccc(F)cc1. The molecular weight excluding hydrogens is 397 g/mol.